The summed E-state index contributed by atoms with van der Waals surface area (Å²) in [5.41, 5.74) is 3.61. The van der Waals surface area contributed by atoms with Gasteiger partial charge in [0.2, 0.25) is 5.88 Å². The summed E-state index contributed by atoms with van der Waals surface area (Å²) in [5, 5.41) is 3.45. The van der Waals surface area contributed by atoms with Gasteiger partial charge in [-0.05, 0) is 30.7 Å². The van der Waals surface area contributed by atoms with Crippen LogP contribution in [0.5, 0.6) is 5.88 Å². The molecule has 1 atom stereocenters. The Balaban J connectivity index is 2.37. The first-order chi connectivity index (χ1) is 9.26. The van der Waals surface area contributed by atoms with E-state index in [4.69, 9.17) is 4.74 Å². The highest BCUT2D eigenvalue weighted by molar-refractivity contribution is 5.67. The van der Waals surface area contributed by atoms with Crippen LogP contribution in [0.1, 0.15) is 25.5 Å². The molecule has 0 fully saturated rings. The Bertz CT molecular complexity index is 523. The van der Waals surface area contributed by atoms with Crippen LogP contribution < -0.4 is 10.1 Å². The second kappa shape index (κ2) is 6.34. The minimum Gasteiger partial charge on any atom is -0.481 e. The highest BCUT2D eigenvalue weighted by Crippen LogP contribution is 2.28. The van der Waals surface area contributed by atoms with Crippen molar-refractivity contribution in [2.75, 3.05) is 13.7 Å². The van der Waals surface area contributed by atoms with Gasteiger partial charge in [-0.3, -0.25) is 0 Å². The summed E-state index contributed by atoms with van der Waals surface area (Å²) in [6, 6.07) is 12.7. The van der Waals surface area contributed by atoms with Crippen molar-refractivity contribution in [3.05, 3.63) is 48.2 Å². The third-order valence-corrected chi connectivity index (χ3v) is 3.19. The Morgan fingerprint density at radius 2 is 2.00 bits per heavy atom. The Hall–Kier alpha value is -1.87. The smallest absolute Gasteiger partial charge is 0.212 e. The Morgan fingerprint density at radius 1 is 1.21 bits per heavy atom. The zero-order chi connectivity index (χ0) is 13.7. The van der Waals surface area contributed by atoms with Crippen molar-refractivity contribution < 1.29 is 4.74 Å². The summed E-state index contributed by atoms with van der Waals surface area (Å²) in [6.45, 7) is 5.25. The largest absolute Gasteiger partial charge is 0.481 e. The fraction of sp³-hybridized carbons (Fsp3) is 0.312. The molecule has 1 unspecified atom stereocenters. The molecule has 1 N–H and O–H groups in total. The SMILES string of the molecule is CCNC(C)c1ccccc1-c1ccc(OC)nc1. The van der Waals surface area contributed by atoms with E-state index < -0.39 is 0 Å². The van der Waals surface area contributed by atoms with Crippen molar-refractivity contribution in [2.24, 2.45) is 0 Å². The lowest BCUT2D eigenvalue weighted by Crippen LogP contribution is -2.18. The van der Waals surface area contributed by atoms with Crippen LogP contribution in [0.4, 0.5) is 0 Å². The maximum Gasteiger partial charge on any atom is 0.212 e. The number of pyridine rings is 1. The van der Waals surface area contributed by atoms with Crippen LogP contribution >= 0.6 is 0 Å². The molecule has 0 saturated carbocycles. The van der Waals surface area contributed by atoms with Crippen LogP contribution in [0.15, 0.2) is 42.6 Å². The fourth-order valence-electron chi connectivity index (χ4n) is 2.21. The molecule has 0 aliphatic heterocycles. The predicted molar refractivity (Wildman–Crippen MR) is 78.3 cm³/mol. The van der Waals surface area contributed by atoms with Gasteiger partial charge in [-0.1, -0.05) is 31.2 Å². The molecular weight excluding hydrogens is 236 g/mol. The average molecular weight is 256 g/mol. The van der Waals surface area contributed by atoms with E-state index in [0.29, 0.717) is 11.9 Å². The van der Waals surface area contributed by atoms with Crippen LogP contribution in [0.3, 0.4) is 0 Å². The molecule has 3 heteroatoms. The van der Waals surface area contributed by atoms with Crippen molar-refractivity contribution in [3.8, 4) is 17.0 Å². The summed E-state index contributed by atoms with van der Waals surface area (Å²) < 4.78 is 5.10. The zero-order valence-electron chi connectivity index (χ0n) is 11.7. The highest BCUT2D eigenvalue weighted by atomic mass is 16.5. The quantitative estimate of drug-likeness (QED) is 0.890. The number of nitrogens with zero attached hydrogens (tertiary/aromatic N) is 1. The lowest BCUT2D eigenvalue weighted by molar-refractivity contribution is 0.398. The molecule has 0 spiro atoms. The number of ether oxygens (including phenoxy) is 1. The summed E-state index contributed by atoms with van der Waals surface area (Å²) in [5.74, 6) is 0.640. The minimum atomic E-state index is 0.323. The molecule has 19 heavy (non-hydrogen) atoms. The number of methoxy groups -OCH3 is 1. The molecule has 1 aromatic heterocycles. The van der Waals surface area contributed by atoms with Gasteiger partial charge in [0, 0.05) is 23.9 Å². The maximum absolute atomic E-state index is 5.10. The number of hydrogen-bond acceptors (Lipinski definition) is 3. The molecule has 100 valence electrons. The Kier molecular flexibility index (Phi) is 4.53. The first-order valence-corrected chi connectivity index (χ1v) is 6.59. The van der Waals surface area contributed by atoms with Gasteiger partial charge < -0.3 is 10.1 Å². The molecule has 0 saturated heterocycles. The second-order valence-corrected chi connectivity index (χ2v) is 4.46. The van der Waals surface area contributed by atoms with Gasteiger partial charge in [0.25, 0.3) is 0 Å². The molecule has 2 rings (SSSR count). The minimum absolute atomic E-state index is 0.323. The van der Waals surface area contributed by atoms with Crippen molar-refractivity contribution in [3.63, 3.8) is 0 Å². The van der Waals surface area contributed by atoms with Gasteiger partial charge in [-0.15, -0.1) is 0 Å². The molecule has 0 aliphatic rings. The van der Waals surface area contributed by atoms with Crippen molar-refractivity contribution in [1.29, 1.82) is 0 Å². The fourth-order valence-corrected chi connectivity index (χ4v) is 2.21. The number of nitrogens with one attached hydrogen (secondary N) is 1. The maximum atomic E-state index is 5.10. The summed E-state index contributed by atoms with van der Waals surface area (Å²) >= 11 is 0. The zero-order valence-corrected chi connectivity index (χ0v) is 11.7. The normalized spacial score (nSPS) is 12.2. The van der Waals surface area contributed by atoms with E-state index in [1.54, 1.807) is 7.11 Å². The van der Waals surface area contributed by atoms with Gasteiger partial charge in [0.1, 0.15) is 0 Å². The first kappa shape index (κ1) is 13.6. The number of hydrogen-bond donors (Lipinski definition) is 1. The standard InChI is InChI=1S/C16H20N2O/c1-4-17-12(2)14-7-5-6-8-15(14)13-9-10-16(19-3)18-11-13/h5-12,17H,4H2,1-3H3. The molecule has 0 radical (unpaired) electrons. The summed E-state index contributed by atoms with van der Waals surface area (Å²) in [7, 11) is 1.63. The van der Waals surface area contributed by atoms with Gasteiger partial charge >= 0.3 is 0 Å². The van der Waals surface area contributed by atoms with E-state index in [1.165, 1.54) is 11.1 Å². The van der Waals surface area contributed by atoms with Crippen LogP contribution in [-0.4, -0.2) is 18.6 Å². The third kappa shape index (κ3) is 3.12. The molecule has 1 heterocycles. The van der Waals surface area contributed by atoms with Gasteiger partial charge in [-0.25, -0.2) is 4.98 Å². The lowest BCUT2D eigenvalue weighted by Gasteiger charge is -2.17. The highest BCUT2D eigenvalue weighted by Gasteiger charge is 2.10. The van der Waals surface area contributed by atoms with E-state index in [0.717, 1.165) is 12.1 Å². The Labute approximate surface area is 114 Å². The monoisotopic (exact) mass is 256 g/mol. The van der Waals surface area contributed by atoms with E-state index in [-0.39, 0.29) is 0 Å². The lowest BCUT2D eigenvalue weighted by atomic mass is 9.96. The third-order valence-electron chi connectivity index (χ3n) is 3.19. The Morgan fingerprint density at radius 3 is 2.63 bits per heavy atom. The molecule has 0 amide bonds. The van der Waals surface area contributed by atoms with Crippen LogP contribution in [-0.2, 0) is 0 Å². The van der Waals surface area contributed by atoms with Gasteiger partial charge in [0.15, 0.2) is 0 Å². The first-order valence-electron chi connectivity index (χ1n) is 6.59. The summed E-state index contributed by atoms with van der Waals surface area (Å²) in [4.78, 5) is 4.28. The van der Waals surface area contributed by atoms with Gasteiger partial charge in [0.05, 0.1) is 7.11 Å². The summed E-state index contributed by atoms with van der Waals surface area (Å²) in [6.07, 6.45) is 1.86. The van der Waals surface area contributed by atoms with Gasteiger partial charge in [-0.2, -0.15) is 0 Å². The molecule has 0 bridgehead atoms. The number of rotatable bonds is 5. The van der Waals surface area contributed by atoms with Crippen molar-refractivity contribution >= 4 is 0 Å². The van der Waals surface area contributed by atoms with E-state index in [9.17, 15) is 0 Å². The average Bonchev–Trinajstić information content (AvgIpc) is 2.47. The van der Waals surface area contributed by atoms with E-state index in [2.05, 4.69) is 48.4 Å². The van der Waals surface area contributed by atoms with E-state index >= 15 is 0 Å². The van der Waals surface area contributed by atoms with Crippen LogP contribution in [0.2, 0.25) is 0 Å². The van der Waals surface area contributed by atoms with E-state index in [1.807, 2.05) is 18.3 Å². The topological polar surface area (TPSA) is 34.1 Å². The molecule has 1 aromatic carbocycles. The number of benzene rings is 1. The van der Waals surface area contributed by atoms with Crippen LogP contribution in [0.25, 0.3) is 11.1 Å². The molecular formula is C16H20N2O. The predicted octanol–water partition coefficient (Wildman–Crippen LogP) is 3.43. The molecule has 2 aromatic rings. The second-order valence-electron chi connectivity index (χ2n) is 4.46. The molecule has 3 nitrogen and oxygen atoms in total. The van der Waals surface area contributed by atoms with Crippen molar-refractivity contribution in [1.82, 2.24) is 10.3 Å². The number of aromatic nitrogens is 1. The molecule has 0 aliphatic carbocycles. The van der Waals surface area contributed by atoms with Crippen molar-refractivity contribution in [2.45, 2.75) is 19.9 Å². The van der Waals surface area contributed by atoms with Crippen LogP contribution in [0, 0.1) is 0 Å².